The van der Waals surface area contributed by atoms with Gasteiger partial charge in [-0.05, 0) is 30.3 Å². The topological polar surface area (TPSA) is 103 Å². The summed E-state index contributed by atoms with van der Waals surface area (Å²) in [5.74, 6) is -1.52. The number of hydrogen-bond acceptors (Lipinski definition) is 5. The van der Waals surface area contributed by atoms with E-state index in [0.717, 1.165) is 11.8 Å². The van der Waals surface area contributed by atoms with E-state index in [1.807, 2.05) is 6.07 Å². The number of thioether (sulfide) groups is 1. The number of anilines is 1. The number of carbonyl (C=O) groups excluding carboxylic acids is 1. The summed E-state index contributed by atoms with van der Waals surface area (Å²) in [6, 6.07) is 11.4. The Hall–Kier alpha value is -2.72. The zero-order valence-electron chi connectivity index (χ0n) is 10.7. The van der Waals surface area contributed by atoms with Gasteiger partial charge in [-0.1, -0.05) is 17.8 Å². The fourth-order valence-electron chi connectivity index (χ4n) is 1.51. The number of carboxylic acid groups (broad SMARTS) is 1. The van der Waals surface area contributed by atoms with Crippen LogP contribution < -0.4 is 5.32 Å². The van der Waals surface area contributed by atoms with Gasteiger partial charge in [-0.2, -0.15) is 5.26 Å². The molecule has 106 valence electrons. The van der Waals surface area contributed by atoms with Crippen molar-refractivity contribution in [1.29, 1.82) is 5.26 Å². The Labute approximate surface area is 124 Å². The van der Waals surface area contributed by atoms with Crippen molar-refractivity contribution in [1.82, 2.24) is 0 Å². The standard InChI is InChI=1S/C14H10N2O4S/c15-7-9-2-1-3-10(6-9)16-12(17)8-21-13-5-4-11(20-13)14(18)19/h1-6H,8H2,(H,16,17)(H,18,19). The van der Waals surface area contributed by atoms with E-state index in [0.29, 0.717) is 16.3 Å². The molecule has 0 radical (unpaired) electrons. The van der Waals surface area contributed by atoms with Crippen molar-refractivity contribution in [3.05, 3.63) is 47.7 Å². The van der Waals surface area contributed by atoms with Crippen LogP contribution in [0.5, 0.6) is 0 Å². The maximum atomic E-state index is 11.8. The smallest absolute Gasteiger partial charge is 0.371 e. The van der Waals surface area contributed by atoms with Gasteiger partial charge in [0.2, 0.25) is 11.7 Å². The molecular formula is C14H10N2O4S. The van der Waals surface area contributed by atoms with Crippen molar-refractivity contribution in [2.45, 2.75) is 5.09 Å². The highest BCUT2D eigenvalue weighted by Gasteiger charge is 2.11. The minimum Gasteiger partial charge on any atom is -0.475 e. The largest absolute Gasteiger partial charge is 0.475 e. The molecule has 1 aromatic carbocycles. The van der Waals surface area contributed by atoms with Gasteiger partial charge in [0.25, 0.3) is 0 Å². The Balaban J connectivity index is 1.89. The number of nitrogens with one attached hydrogen (secondary N) is 1. The van der Waals surface area contributed by atoms with E-state index in [1.54, 1.807) is 24.3 Å². The minimum absolute atomic E-state index is 0.0728. The molecule has 2 aromatic rings. The van der Waals surface area contributed by atoms with Crippen LogP contribution >= 0.6 is 11.8 Å². The van der Waals surface area contributed by atoms with Crippen LogP contribution in [0.2, 0.25) is 0 Å². The number of amides is 1. The molecule has 21 heavy (non-hydrogen) atoms. The Morgan fingerprint density at radius 2 is 2.14 bits per heavy atom. The number of aromatic carboxylic acids is 1. The normalized spacial score (nSPS) is 9.86. The lowest BCUT2D eigenvalue weighted by Crippen LogP contribution is -2.13. The molecule has 6 nitrogen and oxygen atoms in total. The summed E-state index contributed by atoms with van der Waals surface area (Å²) < 4.78 is 5.02. The third-order valence-electron chi connectivity index (χ3n) is 2.41. The van der Waals surface area contributed by atoms with Crippen molar-refractivity contribution in [3.8, 4) is 6.07 Å². The summed E-state index contributed by atoms with van der Waals surface area (Å²) in [4.78, 5) is 22.4. The number of nitriles is 1. The number of carboxylic acids is 1. The third-order valence-corrected chi connectivity index (χ3v) is 3.32. The SMILES string of the molecule is N#Cc1cccc(NC(=O)CSc2ccc(C(=O)O)o2)c1. The molecule has 7 heteroatoms. The zero-order chi connectivity index (χ0) is 15.2. The second-order valence-corrected chi connectivity index (χ2v) is 4.93. The van der Waals surface area contributed by atoms with Gasteiger partial charge in [0, 0.05) is 5.69 Å². The average Bonchev–Trinajstić information content (AvgIpc) is 2.94. The van der Waals surface area contributed by atoms with E-state index < -0.39 is 5.97 Å². The molecular weight excluding hydrogens is 292 g/mol. The molecule has 0 aliphatic rings. The lowest BCUT2D eigenvalue weighted by atomic mass is 10.2. The van der Waals surface area contributed by atoms with Crippen molar-refractivity contribution in [2.24, 2.45) is 0 Å². The fraction of sp³-hybridized carbons (Fsp3) is 0.0714. The summed E-state index contributed by atoms with van der Waals surface area (Å²) in [7, 11) is 0. The third kappa shape index (κ3) is 4.12. The van der Waals surface area contributed by atoms with Crippen molar-refractivity contribution >= 4 is 29.3 Å². The van der Waals surface area contributed by atoms with Gasteiger partial charge in [0.1, 0.15) is 0 Å². The molecule has 1 amide bonds. The van der Waals surface area contributed by atoms with Gasteiger partial charge in [-0.3, -0.25) is 4.79 Å². The monoisotopic (exact) mass is 302 g/mol. The minimum atomic E-state index is -1.15. The van der Waals surface area contributed by atoms with Crippen LogP contribution in [0.4, 0.5) is 5.69 Å². The molecule has 0 atom stereocenters. The lowest BCUT2D eigenvalue weighted by Gasteiger charge is -2.04. The van der Waals surface area contributed by atoms with E-state index in [-0.39, 0.29) is 17.4 Å². The summed E-state index contributed by atoms with van der Waals surface area (Å²) in [6.45, 7) is 0. The predicted molar refractivity (Wildman–Crippen MR) is 76.2 cm³/mol. The second-order valence-electron chi connectivity index (χ2n) is 3.95. The van der Waals surface area contributed by atoms with Gasteiger partial charge in [0.05, 0.1) is 17.4 Å². The zero-order valence-corrected chi connectivity index (χ0v) is 11.5. The molecule has 0 aliphatic heterocycles. The first-order chi connectivity index (χ1) is 10.1. The van der Waals surface area contributed by atoms with Crippen molar-refractivity contribution < 1.29 is 19.1 Å². The van der Waals surface area contributed by atoms with Crippen LogP contribution in [0.25, 0.3) is 0 Å². The molecule has 0 unspecified atom stereocenters. The number of benzene rings is 1. The van der Waals surface area contributed by atoms with Crippen LogP contribution in [-0.2, 0) is 4.79 Å². The second kappa shape index (κ2) is 6.63. The molecule has 1 heterocycles. The van der Waals surface area contributed by atoms with E-state index >= 15 is 0 Å². The number of furan rings is 1. The van der Waals surface area contributed by atoms with Gasteiger partial charge in [-0.25, -0.2) is 4.79 Å². The van der Waals surface area contributed by atoms with Crippen LogP contribution in [-0.4, -0.2) is 22.7 Å². The first-order valence-corrected chi connectivity index (χ1v) is 6.83. The Bertz CT molecular complexity index is 718. The van der Waals surface area contributed by atoms with E-state index in [4.69, 9.17) is 14.8 Å². The first kappa shape index (κ1) is 14.7. The molecule has 0 fully saturated rings. The fourth-order valence-corrected chi connectivity index (χ4v) is 2.17. The molecule has 0 bridgehead atoms. The number of hydrogen-bond donors (Lipinski definition) is 2. The van der Waals surface area contributed by atoms with Crippen molar-refractivity contribution in [2.75, 3.05) is 11.1 Å². The van der Waals surface area contributed by atoms with Gasteiger partial charge in [0.15, 0.2) is 5.09 Å². The van der Waals surface area contributed by atoms with Crippen molar-refractivity contribution in [3.63, 3.8) is 0 Å². The Morgan fingerprint density at radius 1 is 1.33 bits per heavy atom. The van der Waals surface area contributed by atoms with Crippen LogP contribution in [0.1, 0.15) is 16.1 Å². The Morgan fingerprint density at radius 3 is 2.81 bits per heavy atom. The van der Waals surface area contributed by atoms with Crippen LogP contribution in [0, 0.1) is 11.3 Å². The quantitative estimate of drug-likeness (QED) is 0.823. The summed E-state index contributed by atoms with van der Waals surface area (Å²) in [5, 5.41) is 20.5. The molecule has 2 rings (SSSR count). The van der Waals surface area contributed by atoms with Crippen LogP contribution in [0.3, 0.4) is 0 Å². The van der Waals surface area contributed by atoms with E-state index in [9.17, 15) is 9.59 Å². The predicted octanol–water partition coefficient (Wildman–Crippen LogP) is 2.58. The molecule has 0 aliphatic carbocycles. The van der Waals surface area contributed by atoms with Gasteiger partial charge < -0.3 is 14.8 Å². The molecule has 0 saturated heterocycles. The molecule has 1 aromatic heterocycles. The van der Waals surface area contributed by atoms with E-state index in [1.165, 1.54) is 12.1 Å². The summed E-state index contributed by atoms with van der Waals surface area (Å²) >= 11 is 1.09. The number of carbonyl (C=O) groups is 2. The molecule has 0 saturated carbocycles. The van der Waals surface area contributed by atoms with Gasteiger partial charge in [-0.15, -0.1) is 0 Å². The maximum Gasteiger partial charge on any atom is 0.371 e. The number of nitrogens with zero attached hydrogens (tertiary/aromatic N) is 1. The van der Waals surface area contributed by atoms with E-state index in [2.05, 4.69) is 5.32 Å². The average molecular weight is 302 g/mol. The highest BCUT2D eigenvalue weighted by molar-refractivity contribution is 7.99. The lowest BCUT2D eigenvalue weighted by molar-refractivity contribution is -0.113. The first-order valence-electron chi connectivity index (χ1n) is 5.84. The van der Waals surface area contributed by atoms with Gasteiger partial charge >= 0.3 is 5.97 Å². The summed E-state index contributed by atoms with van der Waals surface area (Å²) in [5.41, 5.74) is 0.989. The Kier molecular flexibility index (Phi) is 4.64. The maximum absolute atomic E-state index is 11.8. The molecule has 2 N–H and O–H groups in total. The van der Waals surface area contributed by atoms with Crippen LogP contribution in [0.15, 0.2) is 45.9 Å². The highest BCUT2D eigenvalue weighted by atomic mass is 32.2. The summed E-state index contributed by atoms with van der Waals surface area (Å²) in [6.07, 6.45) is 0. The number of rotatable bonds is 5. The highest BCUT2D eigenvalue weighted by Crippen LogP contribution is 2.21. The molecule has 0 spiro atoms.